The predicted molar refractivity (Wildman–Crippen MR) is 94.3 cm³/mol. The molecule has 0 radical (unpaired) electrons. The summed E-state index contributed by atoms with van der Waals surface area (Å²) in [5, 5.41) is 2.85. The predicted octanol–water partition coefficient (Wildman–Crippen LogP) is 4.14. The Morgan fingerprint density at radius 3 is 2.12 bits per heavy atom. The number of anilines is 1. The number of hydrogen-bond acceptors (Lipinski definition) is 4. The van der Waals surface area contributed by atoms with Crippen molar-refractivity contribution in [3.63, 3.8) is 0 Å². The number of nitrogens with one attached hydrogen (secondary N) is 1. The first-order valence-electron chi connectivity index (χ1n) is 7.93. The van der Waals surface area contributed by atoms with Crippen LogP contribution in [0.3, 0.4) is 0 Å². The van der Waals surface area contributed by atoms with Crippen LogP contribution >= 0.6 is 0 Å². The molecule has 128 valence electrons. The van der Waals surface area contributed by atoms with Crippen LogP contribution in [0, 0.1) is 0 Å². The van der Waals surface area contributed by atoms with Crippen LogP contribution in [0.15, 0.2) is 42.5 Å². The van der Waals surface area contributed by atoms with Crippen LogP contribution in [0.25, 0.3) is 0 Å². The molecule has 1 amide bonds. The molecule has 0 aliphatic rings. The maximum absolute atomic E-state index is 12.4. The van der Waals surface area contributed by atoms with E-state index in [-0.39, 0.29) is 5.91 Å². The van der Waals surface area contributed by atoms with Crippen molar-refractivity contribution >= 4 is 11.6 Å². The van der Waals surface area contributed by atoms with E-state index in [1.807, 2.05) is 24.3 Å². The molecular formula is C19H23NO4. The lowest BCUT2D eigenvalue weighted by atomic mass is 10.1. The first kappa shape index (κ1) is 17.7. The van der Waals surface area contributed by atoms with Crippen molar-refractivity contribution < 1.29 is 19.0 Å². The van der Waals surface area contributed by atoms with Gasteiger partial charge < -0.3 is 19.5 Å². The topological polar surface area (TPSA) is 56.8 Å². The van der Waals surface area contributed by atoms with Crippen LogP contribution in [-0.2, 0) is 0 Å². The minimum Gasteiger partial charge on any atom is -0.497 e. The van der Waals surface area contributed by atoms with Gasteiger partial charge in [0.1, 0.15) is 17.2 Å². The highest BCUT2D eigenvalue weighted by Gasteiger charge is 2.10. The minimum absolute atomic E-state index is 0.230. The zero-order valence-corrected chi connectivity index (χ0v) is 14.3. The average Bonchev–Trinajstić information content (AvgIpc) is 2.62. The Bertz CT molecular complexity index is 645. The molecule has 0 heterocycles. The lowest BCUT2D eigenvalue weighted by Gasteiger charge is -2.10. The van der Waals surface area contributed by atoms with Gasteiger partial charge in [-0.2, -0.15) is 0 Å². The number of unbranched alkanes of at least 4 members (excludes halogenated alkanes) is 1. The van der Waals surface area contributed by atoms with Gasteiger partial charge in [0.05, 0.1) is 20.8 Å². The third-order valence-electron chi connectivity index (χ3n) is 3.49. The lowest BCUT2D eigenvalue weighted by Crippen LogP contribution is -2.12. The molecule has 0 aliphatic carbocycles. The second-order valence-corrected chi connectivity index (χ2v) is 5.28. The van der Waals surface area contributed by atoms with E-state index in [9.17, 15) is 4.79 Å². The van der Waals surface area contributed by atoms with Gasteiger partial charge in [0.25, 0.3) is 5.91 Å². The van der Waals surface area contributed by atoms with E-state index in [0.717, 1.165) is 18.6 Å². The van der Waals surface area contributed by atoms with Crippen LogP contribution < -0.4 is 19.5 Å². The number of ether oxygens (including phenoxy) is 3. The largest absolute Gasteiger partial charge is 0.497 e. The van der Waals surface area contributed by atoms with Crippen LogP contribution in [-0.4, -0.2) is 26.7 Å². The van der Waals surface area contributed by atoms with Crippen molar-refractivity contribution in [3.05, 3.63) is 48.0 Å². The Kier molecular flexibility index (Phi) is 6.49. The summed E-state index contributed by atoms with van der Waals surface area (Å²) in [5.41, 5.74) is 1.17. The Hall–Kier alpha value is -2.69. The maximum Gasteiger partial charge on any atom is 0.255 e. The van der Waals surface area contributed by atoms with Gasteiger partial charge in [-0.15, -0.1) is 0 Å². The van der Waals surface area contributed by atoms with E-state index in [2.05, 4.69) is 12.2 Å². The number of benzene rings is 2. The summed E-state index contributed by atoms with van der Waals surface area (Å²) in [6, 6.07) is 12.4. The molecule has 0 aliphatic heterocycles. The first-order chi connectivity index (χ1) is 11.7. The van der Waals surface area contributed by atoms with Crippen molar-refractivity contribution in [2.45, 2.75) is 19.8 Å². The van der Waals surface area contributed by atoms with Gasteiger partial charge in [-0.3, -0.25) is 4.79 Å². The molecule has 0 spiro atoms. The van der Waals surface area contributed by atoms with Gasteiger partial charge in [0.15, 0.2) is 0 Å². The summed E-state index contributed by atoms with van der Waals surface area (Å²) in [6.45, 7) is 2.82. The number of amides is 1. The molecule has 0 atom stereocenters. The molecule has 0 fully saturated rings. The summed E-state index contributed by atoms with van der Waals surface area (Å²) in [4.78, 5) is 12.4. The SMILES string of the molecule is CCCCOc1ccc(NC(=O)c2cc(OC)cc(OC)c2)cc1. The molecular weight excluding hydrogens is 306 g/mol. The van der Waals surface area contributed by atoms with Gasteiger partial charge in [-0.25, -0.2) is 0 Å². The standard InChI is InChI=1S/C19H23NO4/c1-4-5-10-24-16-8-6-15(7-9-16)20-19(21)14-11-17(22-2)13-18(12-14)23-3/h6-9,11-13H,4-5,10H2,1-3H3,(H,20,21). The summed E-state index contributed by atoms with van der Waals surface area (Å²) in [7, 11) is 3.10. The average molecular weight is 329 g/mol. The summed E-state index contributed by atoms with van der Waals surface area (Å²) in [6.07, 6.45) is 2.12. The molecule has 0 bridgehead atoms. The monoisotopic (exact) mass is 329 g/mol. The lowest BCUT2D eigenvalue weighted by molar-refractivity contribution is 0.102. The molecule has 0 saturated carbocycles. The Morgan fingerprint density at radius 2 is 1.58 bits per heavy atom. The molecule has 1 N–H and O–H groups in total. The molecule has 0 unspecified atom stereocenters. The van der Waals surface area contributed by atoms with Crippen LogP contribution in [0.2, 0.25) is 0 Å². The van der Waals surface area contributed by atoms with E-state index in [1.54, 1.807) is 32.4 Å². The van der Waals surface area contributed by atoms with Crippen molar-refractivity contribution in [1.29, 1.82) is 0 Å². The Balaban J connectivity index is 2.04. The molecule has 2 aromatic carbocycles. The number of carbonyl (C=O) groups is 1. The third-order valence-corrected chi connectivity index (χ3v) is 3.49. The quantitative estimate of drug-likeness (QED) is 0.740. The van der Waals surface area contributed by atoms with Crippen LogP contribution in [0.5, 0.6) is 17.2 Å². The molecule has 0 aromatic heterocycles. The van der Waals surface area contributed by atoms with Gasteiger partial charge in [0, 0.05) is 17.3 Å². The van der Waals surface area contributed by atoms with Crippen LogP contribution in [0.1, 0.15) is 30.1 Å². The van der Waals surface area contributed by atoms with Gasteiger partial charge >= 0.3 is 0 Å². The number of carbonyl (C=O) groups excluding carboxylic acids is 1. The van der Waals surface area contributed by atoms with E-state index >= 15 is 0 Å². The Labute approximate surface area is 142 Å². The molecule has 5 heteroatoms. The zero-order chi connectivity index (χ0) is 17.4. The number of hydrogen-bond donors (Lipinski definition) is 1. The minimum atomic E-state index is -0.230. The van der Waals surface area contributed by atoms with Crippen molar-refractivity contribution in [2.75, 3.05) is 26.1 Å². The first-order valence-corrected chi connectivity index (χ1v) is 7.93. The van der Waals surface area contributed by atoms with Crippen molar-refractivity contribution in [2.24, 2.45) is 0 Å². The number of rotatable bonds is 8. The fourth-order valence-electron chi connectivity index (χ4n) is 2.11. The summed E-state index contributed by atoms with van der Waals surface area (Å²) in [5.74, 6) is 1.70. The van der Waals surface area contributed by atoms with Gasteiger partial charge in [-0.05, 0) is 42.8 Å². The molecule has 2 rings (SSSR count). The normalized spacial score (nSPS) is 10.1. The fraction of sp³-hybridized carbons (Fsp3) is 0.316. The maximum atomic E-state index is 12.4. The van der Waals surface area contributed by atoms with E-state index < -0.39 is 0 Å². The van der Waals surface area contributed by atoms with E-state index in [0.29, 0.717) is 29.4 Å². The molecule has 5 nitrogen and oxygen atoms in total. The van der Waals surface area contributed by atoms with Crippen molar-refractivity contribution in [1.82, 2.24) is 0 Å². The smallest absolute Gasteiger partial charge is 0.255 e. The van der Waals surface area contributed by atoms with Crippen molar-refractivity contribution in [3.8, 4) is 17.2 Å². The number of methoxy groups -OCH3 is 2. The van der Waals surface area contributed by atoms with Gasteiger partial charge in [0.2, 0.25) is 0 Å². The summed E-state index contributed by atoms with van der Waals surface area (Å²) >= 11 is 0. The molecule has 24 heavy (non-hydrogen) atoms. The van der Waals surface area contributed by atoms with E-state index in [1.165, 1.54) is 0 Å². The highest BCUT2D eigenvalue weighted by atomic mass is 16.5. The highest BCUT2D eigenvalue weighted by molar-refractivity contribution is 6.04. The summed E-state index contributed by atoms with van der Waals surface area (Å²) < 4.78 is 16.0. The zero-order valence-electron chi connectivity index (χ0n) is 14.3. The molecule has 2 aromatic rings. The van der Waals surface area contributed by atoms with Gasteiger partial charge in [-0.1, -0.05) is 13.3 Å². The second kappa shape index (κ2) is 8.82. The van der Waals surface area contributed by atoms with Crippen LogP contribution in [0.4, 0.5) is 5.69 Å². The highest BCUT2D eigenvalue weighted by Crippen LogP contribution is 2.23. The molecule has 0 saturated heterocycles. The Morgan fingerprint density at radius 1 is 0.958 bits per heavy atom. The van der Waals surface area contributed by atoms with E-state index in [4.69, 9.17) is 14.2 Å². The third kappa shape index (κ3) is 4.91. The second-order valence-electron chi connectivity index (χ2n) is 5.28. The fourth-order valence-corrected chi connectivity index (χ4v) is 2.11.